The minimum Gasteiger partial charge on any atom is -0.494 e. The van der Waals surface area contributed by atoms with Crippen molar-refractivity contribution in [1.82, 2.24) is 0 Å². The summed E-state index contributed by atoms with van der Waals surface area (Å²) in [6.07, 6.45) is 1.40. The number of carbonyl (C=O) groups excluding carboxylic acids is 2. The van der Waals surface area contributed by atoms with E-state index in [0.29, 0.717) is 24.5 Å². The van der Waals surface area contributed by atoms with Crippen molar-refractivity contribution in [1.29, 1.82) is 0 Å². The van der Waals surface area contributed by atoms with Crippen molar-refractivity contribution in [3.8, 4) is 5.75 Å². The Morgan fingerprint density at radius 2 is 1.81 bits per heavy atom. The Hall–Kier alpha value is -2.59. The van der Waals surface area contributed by atoms with Crippen molar-refractivity contribution in [2.24, 2.45) is 5.41 Å². The van der Waals surface area contributed by atoms with Crippen LogP contribution >= 0.6 is 11.6 Å². The third-order valence-electron chi connectivity index (χ3n) is 6.15. The Bertz CT molecular complexity index is 1070. The number of rotatable bonds is 4. The highest BCUT2D eigenvalue weighted by molar-refractivity contribution is 6.31. The van der Waals surface area contributed by atoms with Crippen molar-refractivity contribution < 1.29 is 14.3 Å². The quantitative estimate of drug-likeness (QED) is 0.571. The molecule has 0 bridgehead atoms. The Morgan fingerprint density at radius 1 is 1.10 bits per heavy atom. The number of amides is 1. The van der Waals surface area contributed by atoms with Crippen LogP contribution in [0.2, 0.25) is 5.02 Å². The number of nitrogens with zero attached hydrogens (tertiary/aromatic N) is 1. The molecule has 1 heterocycles. The summed E-state index contributed by atoms with van der Waals surface area (Å²) >= 11 is 6.37. The van der Waals surface area contributed by atoms with E-state index in [1.165, 1.54) is 0 Å². The minimum atomic E-state index is -0.237. The van der Waals surface area contributed by atoms with Gasteiger partial charge in [0.1, 0.15) is 5.75 Å². The van der Waals surface area contributed by atoms with E-state index in [1.807, 2.05) is 56.3 Å². The second-order valence-corrected chi connectivity index (χ2v) is 9.63. The fraction of sp³-hybridized carbons (Fsp3) is 0.385. The summed E-state index contributed by atoms with van der Waals surface area (Å²) in [5.41, 5.74) is 4.03. The minimum absolute atomic E-state index is 0.0111. The maximum Gasteiger partial charge on any atom is 0.232 e. The first kappa shape index (κ1) is 21.6. The number of ether oxygens (including phenoxy) is 1. The van der Waals surface area contributed by atoms with Gasteiger partial charge in [-0.25, -0.2) is 0 Å². The number of hydrogen-bond acceptors (Lipinski definition) is 3. The molecule has 1 amide bonds. The summed E-state index contributed by atoms with van der Waals surface area (Å²) in [7, 11) is 0. The van der Waals surface area contributed by atoms with Gasteiger partial charge in [0.25, 0.3) is 0 Å². The van der Waals surface area contributed by atoms with Crippen LogP contribution in [0.4, 0.5) is 5.69 Å². The van der Waals surface area contributed by atoms with E-state index in [9.17, 15) is 9.59 Å². The van der Waals surface area contributed by atoms with Crippen LogP contribution in [0.3, 0.4) is 0 Å². The van der Waals surface area contributed by atoms with E-state index >= 15 is 0 Å². The fourth-order valence-corrected chi connectivity index (χ4v) is 4.86. The molecule has 1 unspecified atom stereocenters. The Kier molecular flexibility index (Phi) is 5.69. The molecule has 0 fully saturated rings. The van der Waals surface area contributed by atoms with E-state index in [-0.39, 0.29) is 29.4 Å². The number of hydrogen-bond donors (Lipinski definition) is 0. The molecule has 5 heteroatoms. The molecule has 2 aromatic carbocycles. The lowest BCUT2D eigenvalue weighted by atomic mass is 9.69. The molecule has 1 aliphatic heterocycles. The van der Waals surface area contributed by atoms with Gasteiger partial charge in [0.15, 0.2) is 5.78 Å². The van der Waals surface area contributed by atoms with Crippen LogP contribution in [0, 0.1) is 12.3 Å². The molecular weight excluding hydrogens is 410 g/mol. The average Bonchev–Trinajstić information content (AvgIpc) is 2.69. The largest absolute Gasteiger partial charge is 0.494 e. The lowest BCUT2D eigenvalue weighted by Crippen LogP contribution is -2.43. The van der Waals surface area contributed by atoms with Gasteiger partial charge in [-0.3, -0.25) is 14.5 Å². The van der Waals surface area contributed by atoms with Crippen LogP contribution in [-0.4, -0.2) is 18.3 Å². The van der Waals surface area contributed by atoms with Crippen LogP contribution in [0.1, 0.15) is 57.1 Å². The summed E-state index contributed by atoms with van der Waals surface area (Å²) in [5.74, 6) is 0.664. The van der Waals surface area contributed by atoms with Crippen molar-refractivity contribution in [3.63, 3.8) is 0 Å². The predicted octanol–water partition coefficient (Wildman–Crippen LogP) is 6.21. The van der Waals surface area contributed by atoms with E-state index in [2.05, 4.69) is 13.8 Å². The van der Waals surface area contributed by atoms with Crippen molar-refractivity contribution >= 4 is 29.0 Å². The van der Waals surface area contributed by atoms with Crippen molar-refractivity contribution in [3.05, 3.63) is 69.9 Å². The number of benzene rings is 2. The monoisotopic (exact) mass is 437 g/mol. The maximum atomic E-state index is 13.4. The van der Waals surface area contributed by atoms with Gasteiger partial charge in [-0.15, -0.1) is 0 Å². The van der Waals surface area contributed by atoms with Gasteiger partial charge in [0, 0.05) is 35.1 Å². The van der Waals surface area contributed by atoms with Crippen LogP contribution in [-0.2, 0) is 9.59 Å². The molecule has 162 valence electrons. The number of halogens is 1. The van der Waals surface area contributed by atoms with Gasteiger partial charge >= 0.3 is 0 Å². The van der Waals surface area contributed by atoms with Gasteiger partial charge in [-0.2, -0.15) is 0 Å². The maximum absolute atomic E-state index is 13.4. The van der Waals surface area contributed by atoms with E-state index in [4.69, 9.17) is 16.3 Å². The Morgan fingerprint density at radius 3 is 2.45 bits per heavy atom. The molecule has 4 rings (SSSR count). The molecule has 0 N–H and O–H groups in total. The normalized spacial score (nSPS) is 20.7. The summed E-state index contributed by atoms with van der Waals surface area (Å²) in [6, 6.07) is 13.4. The van der Waals surface area contributed by atoms with E-state index < -0.39 is 0 Å². The van der Waals surface area contributed by atoms with Gasteiger partial charge in [0.2, 0.25) is 5.91 Å². The van der Waals surface area contributed by atoms with Gasteiger partial charge in [0.05, 0.1) is 12.3 Å². The standard InChI is InChI=1S/C26H28ClNO3/c1-5-31-19-10-7-17(8-11-19)20-13-24(30)28(18-9-6-16(2)21(27)12-18)22-14-26(3,4)15-23(29)25(20)22/h6-12,20H,5,13-15H2,1-4H3. The number of aryl methyl sites for hydroxylation is 1. The van der Waals surface area contributed by atoms with E-state index in [1.54, 1.807) is 4.90 Å². The highest BCUT2D eigenvalue weighted by Crippen LogP contribution is 2.48. The molecule has 1 atom stereocenters. The molecule has 1 aliphatic carbocycles. The Labute approximate surface area is 188 Å². The highest BCUT2D eigenvalue weighted by Gasteiger charge is 2.44. The zero-order valence-corrected chi connectivity index (χ0v) is 19.3. The molecule has 31 heavy (non-hydrogen) atoms. The first-order valence-electron chi connectivity index (χ1n) is 10.8. The average molecular weight is 438 g/mol. The van der Waals surface area contributed by atoms with Crippen LogP contribution in [0.15, 0.2) is 53.7 Å². The second kappa shape index (κ2) is 8.16. The third kappa shape index (κ3) is 4.14. The molecular formula is C26H28ClNO3. The molecule has 2 aromatic rings. The highest BCUT2D eigenvalue weighted by atomic mass is 35.5. The van der Waals surface area contributed by atoms with E-state index in [0.717, 1.165) is 33.8 Å². The number of Topliss-reactive ketones (excluding diaryl/α,β-unsaturated/α-hetero) is 1. The zero-order valence-electron chi connectivity index (χ0n) is 18.5. The van der Waals surface area contributed by atoms with Crippen molar-refractivity contribution in [2.75, 3.05) is 11.5 Å². The first-order valence-corrected chi connectivity index (χ1v) is 11.2. The van der Waals surface area contributed by atoms with Gasteiger partial charge < -0.3 is 4.74 Å². The Balaban J connectivity index is 1.84. The summed E-state index contributed by atoms with van der Waals surface area (Å²) in [6.45, 7) is 8.64. The lowest BCUT2D eigenvalue weighted by molar-refractivity contribution is -0.121. The predicted molar refractivity (Wildman–Crippen MR) is 124 cm³/mol. The molecule has 0 saturated heterocycles. The molecule has 0 spiro atoms. The van der Waals surface area contributed by atoms with Gasteiger partial charge in [-0.1, -0.05) is 43.6 Å². The van der Waals surface area contributed by atoms with Crippen LogP contribution in [0.25, 0.3) is 0 Å². The molecule has 0 radical (unpaired) electrons. The smallest absolute Gasteiger partial charge is 0.232 e. The third-order valence-corrected chi connectivity index (χ3v) is 6.56. The van der Waals surface area contributed by atoms with Crippen LogP contribution < -0.4 is 9.64 Å². The molecule has 4 nitrogen and oxygen atoms in total. The number of anilines is 1. The second-order valence-electron chi connectivity index (χ2n) is 9.22. The summed E-state index contributed by atoms with van der Waals surface area (Å²) < 4.78 is 5.55. The number of ketones is 1. The zero-order chi connectivity index (χ0) is 22.3. The topological polar surface area (TPSA) is 46.6 Å². The van der Waals surface area contributed by atoms with Crippen LogP contribution in [0.5, 0.6) is 5.75 Å². The summed E-state index contributed by atoms with van der Waals surface area (Å²) in [4.78, 5) is 28.5. The number of allylic oxidation sites excluding steroid dienone is 2. The lowest BCUT2D eigenvalue weighted by Gasteiger charge is -2.43. The number of carbonyl (C=O) groups is 2. The first-order chi connectivity index (χ1) is 14.7. The fourth-order valence-electron chi connectivity index (χ4n) is 4.68. The molecule has 0 saturated carbocycles. The summed E-state index contributed by atoms with van der Waals surface area (Å²) in [5, 5.41) is 0.613. The molecule has 2 aliphatic rings. The SMILES string of the molecule is CCOc1ccc(C2CC(=O)N(c3ccc(C)c(Cl)c3)C3=C2C(=O)CC(C)(C)C3)cc1. The molecule has 0 aromatic heterocycles. The van der Waals surface area contributed by atoms with Crippen molar-refractivity contribution in [2.45, 2.75) is 52.9 Å². The van der Waals surface area contributed by atoms with Gasteiger partial charge in [-0.05, 0) is 61.1 Å².